The number of rotatable bonds is 4. The minimum atomic E-state index is 1.17. The summed E-state index contributed by atoms with van der Waals surface area (Å²) >= 11 is 0. The normalized spacial score (nSPS) is 12.2. The molecule has 0 aliphatic heterocycles. The molecule has 0 bridgehead atoms. The van der Waals surface area contributed by atoms with Crippen LogP contribution in [-0.2, 0) is 0 Å². The highest BCUT2D eigenvalue weighted by molar-refractivity contribution is 6.09. The van der Waals surface area contributed by atoms with E-state index in [9.17, 15) is 0 Å². The third kappa shape index (κ3) is 3.27. The second-order valence-electron chi connectivity index (χ2n) is 8.75. The molecule has 0 amide bonds. The van der Waals surface area contributed by atoms with Gasteiger partial charge in [0.25, 0.3) is 0 Å². The highest BCUT2D eigenvalue weighted by Gasteiger charge is 2.14. The van der Waals surface area contributed by atoms with Gasteiger partial charge in [-0.05, 0) is 55.8 Å². The lowest BCUT2D eigenvalue weighted by Gasteiger charge is -2.13. The van der Waals surface area contributed by atoms with E-state index in [0.29, 0.717) is 0 Å². The highest BCUT2D eigenvalue weighted by Crippen LogP contribution is 2.34. The van der Waals surface area contributed by atoms with Crippen LogP contribution in [-0.4, -0.2) is 9.13 Å². The van der Waals surface area contributed by atoms with E-state index in [2.05, 4.69) is 131 Å². The summed E-state index contributed by atoms with van der Waals surface area (Å²) in [6.45, 7) is 4.22. The molecule has 0 atom stereocenters. The lowest BCUT2D eigenvalue weighted by molar-refractivity contribution is 1.09. The van der Waals surface area contributed by atoms with Gasteiger partial charge in [-0.3, -0.25) is 0 Å². The van der Waals surface area contributed by atoms with E-state index in [0.717, 1.165) is 0 Å². The van der Waals surface area contributed by atoms with Crippen LogP contribution in [0.5, 0.6) is 0 Å². The molecule has 0 N–H and O–H groups in total. The summed E-state index contributed by atoms with van der Waals surface area (Å²) in [5.74, 6) is 0. The fraction of sp³-hybridized carbons (Fsp3) is 0.0625. The summed E-state index contributed by atoms with van der Waals surface area (Å²) in [7, 11) is 0. The Morgan fingerprint density at radius 1 is 0.618 bits per heavy atom. The molecule has 2 nitrogen and oxygen atoms in total. The van der Waals surface area contributed by atoms with Crippen molar-refractivity contribution in [3.8, 4) is 11.4 Å². The predicted molar refractivity (Wildman–Crippen MR) is 146 cm³/mol. The molecule has 0 saturated heterocycles. The first-order valence-electron chi connectivity index (χ1n) is 11.7. The molecular weight excluding hydrogens is 412 g/mol. The third-order valence-corrected chi connectivity index (χ3v) is 6.49. The summed E-state index contributed by atoms with van der Waals surface area (Å²) in [5, 5.41) is 3.82. The monoisotopic (exact) mass is 438 g/mol. The number of benzene rings is 4. The number of fused-ring (bicyclic) bond motifs is 4. The fourth-order valence-corrected chi connectivity index (χ4v) is 5.03. The van der Waals surface area contributed by atoms with Gasteiger partial charge in [-0.25, -0.2) is 0 Å². The Kier molecular flexibility index (Phi) is 4.92. The first kappa shape index (κ1) is 20.3. The SMILES string of the molecule is C/C=C\C=C/c1cn(-c2cc(C)cc(-n3c4ccccc4c4ccccc43)c2)c2ccccc12. The van der Waals surface area contributed by atoms with E-state index in [1.165, 1.54) is 55.2 Å². The molecule has 0 saturated carbocycles. The van der Waals surface area contributed by atoms with E-state index in [-0.39, 0.29) is 0 Å². The van der Waals surface area contributed by atoms with Crippen molar-refractivity contribution in [2.24, 2.45) is 0 Å². The summed E-state index contributed by atoms with van der Waals surface area (Å²) in [6, 6.07) is 32.8. The van der Waals surface area contributed by atoms with E-state index < -0.39 is 0 Å². The van der Waals surface area contributed by atoms with Gasteiger partial charge in [0.2, 0.25) is 0 Å². The molecular formula is C32H26N2. The standard InChI is InChI=1S/C32H26N2/c1-3-4-5-12-24-22-33(30-16-9-6-13-27(24)30)25-19-23(2)20-26(21-25)34-31-17-10-7-14-28(31)29-15-8-11-18-32(29)34/h3-22H,1-2H3/b4-3-,12-5-. The third-order valence-electron chi connectivity index (χ3n) is 6.49. The zero-order chi connectivity index (χ0) is 23.1. The molecule has 0 aliphatic rings. The Morgan fingerprint density at radius 2 is 1.21 bits per heavy atom. The number of allylic oxidation sites excluding steroid dienone is 3. The van der Waals surface area contributed by atoms with Crippen molar-refractivity contribution in [1.82, 2.24) is 9.13 Å². The number of aryl methyl sites for hydroxylation is 1. The average Bonchev–Trinajstić information content (AvgIpc) is 3.40. The van der Waals surface area contributed by atoms with Crippen molar-refractivity contribution in [2.75, 3.05) is 0 Å². The van der Waals surface area contributed by atoms with Gasteiger partial charge in [0.05, 0.1) is 16.6 Å². The van der Waals surface area contributed by atoms with Gasteiger partial charge in [-0.2, -0.15) is 0 Å². The summed E-state index contributed by atoms with van der Waals surface area (Å²) in [5.41, 5.74) is 8.46. The van der Waals surface area contributed by atoms with Crippen molar-refractivity contribution < 1.29 is 0 Å². The molecule has 6 rings (SSSR count). The topological polar surface area (TPSA) is 9.86 Å². The van der Waals surface area contributed by atoms with Crippen molar-refractivity contribution in [3.05, 3.63) is 127 Å². The van der Waals surface area contributed by atoms with Crippen molar-refractivity contribution in [2.45, 2.75) is 13.8 Å². The molecule has 0 fully saturated rings. The maximum Gasteiger partial charge on any atom is 0.0541 e. The van der Waals surface area contributed by atoms with Crippen LogP contribution in [0.4, 0.5) is 0 Å². The van der Waals surface area contributed by atoms with Gasteiger partial charge in [0.15, 0.2) is 0 Å². The van der Waals surface area contributed by atoms with Crippen LogP contribution in [0, 0.1) is 6.92 Å². The molecule has 2 heteroatoms. The van der Waals surface area contributed by atoms with Gasteiger partial charge in [-0.1, -0.05) is 78.9 Å². The highest BCUT2D eigenvalue weighted by atomic mass is 15.0. The van der Waals surface area contributed by atoms with Gasteiger partial charge in [0.1, 0.15) is 0 Å². The quantitative estimate of drug-likeness (QED) is 0.244. The maximum absolute atomic E-state index is 2.39. The molecule has 4 aromatic carbocycles. The number of hydrogen-bond donors (Lipinski definition) is 0. The second kappa shape index (κ2) is 8.24. The minimum Gasteiger partial charge on any atom is -0.316 e. The van der Waals surface area contributed by atoms with Crippen LogP contribution in [0.3, 0.4) is 0 Å². The average molecular weight is 439 g/mol. The minimum absolute atomic E-state index is 1.17. The molecule has 0 unspecified atom stereocenters. The van der Waals surface area contributed by atoms with Crippen LogP contribution in [0.15, 0.2) is 115 Å². The zero-order valence-corrected chi connectivity index (χ0v) is 19.4. The summed E-state index contributed by atoms with van der Waals surface area (Å²) in [4.78, 5) is 0. The molecule has 6 aromatic rings. The van der Waals surface area contributed by atoms with Gasteiger partial charge in [0, 0.05) is 39.3 Å². The number of aromatic nitrogens is 2. The Labute approximate surface area is 199 Å². The Morgan fingerprint density at radius 3 is 1.88 bits per heavy atom. The smallest absolute Gasteiger partial charge is 0.0541 e. The van der Waals surface area contributed by atoms with E-state index >= 15 is 0 Å². The first-order chi connectivity index (χ1) is 16.7. The van der Waals surface area contributed by atoms with Gasteiger partial charge >= 0.3 is 0 Å². The maximum atomic E-state index is 2.39. The zero-order valence-electron chi connectivity index (χ0n) is 19.4. The van der Waals surface area contributed by atoms with E-state index in [4.69, 9.17) is 0 Å². The number of para-hydroxylation sites is 3. The van der Waals surface area contributed by atoms with Crippen LogP contribution in [0.25, 0.3) is 50.2 Å². The fourth-order valence-electron chi connectivity index (χ4n) is 5.03. The molecule has 0 spiro atoms. The molecule has 34 heavy (non-hydrogen) atoms. The lowest BCUT2D eigenvalue weighted by Crippen LogP contribution is -1.99. The molecule has 2 aromatic heterocycles. The largest absolute Gasteiger partial charge is 0.316 e. The summed E-state index contributed by atoms with van der Waals surface area (Å²) in [6.07, 6.45) is 10.6. The van der Waals surface area contributed by atoms with E-state index in [1.807, 2.05) is 13.0 Å². The Bertz CT molecular complexity index is 1670. The second-order valence-corrected chi connectivity index (χ2v) is 8.75. The van der Waals surface area contributed by atoms with Crippen LogP contribution in [0.2, 0.25) is 0 Å². The molecule has 0 aliphatic carbocycles. The molecule has 0 radical (unpaired) electrons. The Balaban J connectivity index is 1.60. The van der Waals surface area contributed by atoms with Gasteiger partial charge in [-0.15, -0.1) is 0 Å². The van der Waals surface area contributed by atoms with Crippen LogP contribution >= 0.6 is 0 Å². The van der Waals surface area contributed by atoms with Crippen molar-refractivity contribution >= 4 is 38.8 Å². The van der Waals surface area contributed by atoms with Gasteiger partial charge < -0.3 is 9.13 Å². The molecule has 2 heterocycles. The van der Waals surface area contributed by atoms with Crippen LogP contribution < -0.4 is 0 Å². The number of nitrogens with zero attached hydrogens (tertiary/aromatic N) is 2. The van der Waals surface area contributed by atoms with Crippen molar-refractivity contribution in [3.63, 3.8) is 0 Å². The van der Waals surface area contributed by atoms with E-state index in [1.54, 1.807) is 0 Å². The van der Waals surface area contributed by atoms with Crippen molar-refractivity contribution in [1.29, 1.82) is 0 Å². The lowest BCUT2D eigenvalue weighted by atomic mass is 10.1. The first-order valence-corrected chi connectivity index (χ1v) is 11.7. The molecule has 164 valence electrons. The number of hydrogen-bond acceptors (Lipinski definition) is 0. The Hall–Kier alpha value is -4.30. The predicted octanol–water partition coefficient (Wildman–Crippen LogP) is 8.63. The van der Waals surface area contributed by atoms with Crippen LogP contribution in [0.1, 0.15) is 18.1 Å². The summed E-state index contributed by atoms with van der Waals surface area (Å²) < 4.78 is 4.70.